The molecule has 1 aromatic heterocycles. The summed E-state index contributed by atoms with van der Waals surface area (Å²) in [6.45, 7) is 4.11. The van der Waals surface area contributed by atoms with E-state index in [1.165, 1.54) is 11.1 Å². The summed E-state index contributed by atoms with van der Waals surface area (Å²) in [5.74, 6) is 0.618. The van der Waals surface area contributed by atoms with E-state index in [2.05, 4.69) is 31.2 Å². The molecule has 4 aromatic rings. The van der Waals surface area contributed by atoms with Crippen LogP contribution in [0.2, 0.25) is 0 Å². The van der Waals surface area contributed by atoms with Crippen molar-refractivity contribution in [3.05, 3.63) is 94.3 Å². The molecule has 0 aliphatic heterocycles. The third-order valence-electron chi connectivity index (χ3n) is 4.49. The van der Waals surface area contributed by atoms with E-state index in [4.69, 9.17) is 4.42 Å². The van der Waals surface area contributed by atoms with Gasteiger partial charge in [0.2, 0.25) is 0 Å². The van der Waals surface area contributed by atoms with Crippen molar-refractivity contribution in [1.82, 2.24) is 0 Å². The molecular formula is C23H18O2. The van der Waals surface area contributed by atoms with Crippen LogP contribution in [-0.2, 0) is 0 Å². The summed E-state index contributed by atoms with van der Waals surface area (Å²) in [7, 11) is 0. The van der Waals surface area contributed by atoms with Gasteiger partial charge in [0, 0.05) is 16.5 Å². The number of fused-ring (bicyclic) bond motifs is 1. The summed E-state index contributed by atoms with van der Waals surface area (Å²) in [5, 5.41) is 1.52. The molecule has 0 radical (unpaired) electrons. The molecule has 0 fully saturated rings. The Labute approximate surface area is 146 Å². The van der Waals surface area contributed by atoms with E-state index in [1.807, 2.05) is 55.5 Å². The highest BCUT2D eigenvalue weighted by atomic mass is 16.4. The van der Waals surface area contributed by atoms with Crippen molar-refractivity contribution in [2.45, 2.75) is 13.8 Å². The van der Waals surface area contributed by atoms with Gasteiger partial charge in [0.1, 0.15) is 5.76 Å². The first-order valence-corrected chi connectivity index (χ1v) is 8.33. The third kappa shape index (κ3) is 2.76. The summed E-state index contributed by atoms with van der Waals surface area (Å²) >= 11 is 0. The summed E-state index contributed by atoms with van der Waals surface area (Å²) in [4.78, 5) is 12.5. The fourth-order valence-electron chi connectivity index (χ4n) is 3.12. The van der Waals surface area contributed by atoms with Crippen LogP contribution in [0.3, 0.4) is 0 Å². The zero-order valence-corrected chi connectivity index (χ0v) is 14.2. The van der Waals surface area contributed by atoms with E-state index < -0.39 is 0 Å². The standard InChI is InChI=1S/C23H18O2/c1-15-7-11-17(12-8-15)21-19-5-3-4-6-20(19)23(24)25-22(21)18-13-9-16(2)10-14-18/h3-14H,1-2H3. The highest BCUT2D eigenvalue weighted by Crippen LogP contribution is 2.36. The molecule has 2 heteroatoms. The zero-order valence-electron chi connectivity index (χ0n) is 14.2. The molecule has 122 valence electrons. The Bertz CT molecular complexity index is 1100. The second kappa shape index (κ2) is 6.06. The first-order chi connectivity index (χ1) is 12.1. The van der Waals surface area contributed by atoms with Crippen LogP contribution in [0.15, 0.2) is 82.0 Å². The molecule has 0 bridgehead atoms. The highest BCUT2D eigenvalue weighted by molar-refractivity contribution is 6.01. The Balaban J connectivity index is 2.11. The second-order valence-corrected chi connectivity index (χ2v) is 6.37. The molecule has 0 amide bonds. The minimum atomic E-state index is -0.304. The molecule has 0 unspecified atom stereocenters. The smallest absolute Gasteiger partial charge is 0.344 e. The Hall–Kier alpha value is -3.13. The average Bonchev–Trinajstić information content (AvgIpc) is 2.63. The molecule has 0 spiro atoms. The Kier molecular flexibility index (Phi) is 3.73. The SMILES string of the molecule is Cc1ccc(-c2oc(=O)c3ccccc3c2-c2ccc(C)cc2)cc1. The van der Waals surface area contributed by atoms with Gasteiger partial charge >= 0.3 is 5.63 Å². The van der Waals surface area contributed by atoms with Crippen LogP contribution in [0.4, 0.5) is 0 Å². The van der Waals surface area contributed by atoms with Gasteiger partial charge < -0.3 is 4.42 Å². The predicted octanol–water partition coefficient (Wildman–Crippen LogP) is 5.74. The quantitative estimate of drug-likeness (QED) is 0.470. The Morgan fingerprint density at radius 1 is 0.640 bits per heavy atom. The van der Waals surface area contributed by atoms with Gasteiger partial charge in [-0.15, -0.1) is 0 Å². The normalized spacial score (nSPS) is 11.0. The summed E-state index contributed by atoms with van der Waals surface area (Å²) in [6.07, 6.45) is 0. The van der Waals surface area contributed by atoms with E-state index in [0.29, 0.717) is 11.1 Å². The van der Waals surface area contributed by atoms with Crippen molar-refractivity contribution in [2.24, 2.45) is 0 Å². The average molecular weight is 326 g/mol. The van der Waals surface area contributed by atoms with E-state index in [-0.39, 0.29) is 5.63 Å². The lowest BCUT2D eigenvalue weighted by Gasteiger charge is -2.12. The van der Waals surface area contributed by atoms with Crippen molar-refractivity contribution in [1.29, 1.82) is 0 Å². The molecule has 0 saturated carbocycles. The van der Waals surface area contributed by atoms with Crippen LogP contribution >= 0.6 is 0 Å². The van der Waals surface area contributed by atoms with Crippen LogP contribution in [0, 0.1) is 13.8 Å². The molecular weight excluding hydrogens is 308 g/mol. The molecule has 0 aliphatic rings. The summed E-state index contributed by atoms with van der Waals surface area (Å²) < 4.78 is 5.78. The van der Waals surface area contributed by atoms with Crippen LogP contribution < -0.4 is 5.63 Å². The monoisotopic (exact) mass is 326 g/mol. The number of hydrogen-bond donors (Lipinski definition) is 0. The van der Waals surface area contributed by atoms with E-state index in [1.54, 1.807) is 0 Å². The number of hydrogen-bond acceptors (Lipinski definition) is 2. The van der Waals surface area contributed by atoms with Crippen molar-refractivity contribution in [3.8, 4) is 22.5 Å². The van der Waals surface area contributed by atoms with Gasteiger partial charge in [-0.3, -0.25) is 0 Å². The fraction of sp³-hybridized carbons (Fsp3) is 0.0870. The maximum atomic E-state index is 12.5. The lowest BCUT2D eigenvalue weighted by molar-refractivity contribution is 0.536. The van der Waals surface area contributed by atoms with Gasteiger partial charge in [-0.2, -0.15) is 0 Å². The Morgan fingerprint density at radius 3 is 1.76 bits per heavy atom. The predicted molar refractivity (Wildman–Crippen MR) is 103 cm³/mol. The van der Waals surface area contributed by atoms with E-state index in [0.717, 1.165) is 22.1 Å². The molecule has 0 atom stereocenters. The van der Waals surface area contributed by atoms with E-state index >= 15 is 0 Å². The topological polar surface area (TPSA) is 30.2 Å². The molecule has 0 N–H and O–H groups in total. The minimum absolute atomic E-state index is 0.304. The Morgan fingerprint density at radius 2 is 1.16 bits per heavy atom. The van der Waals surface area contributed by atoms with Gasteiger partial charge in [-0.25, -0.2) is 4.79 Å². The highest BCUT2D eigenvalue weighted by Gasteiger charge is 2.16. The summed E-state index contributed by atoms with van der Waals surface area (Å²) in [5.41, 5.74) is 4.97. The van der Waals surface area contributed by atoms with Crippen LogP contribution in [-0.4, -0.2) is 0 Å². The largest absolute Gasteiger partial charge is 0.422 e. The van der Waals surface area contributed by atoms with Crippen molar-refractivity contribution < 1.29 is 4.42 Å². The van der Waals surface area contributed by atoms with Crippen molar-refractivity contribution in [3.63, 3.8) is 0 Å². The molecule has 4 rings (SSSR count). The van der Waals surface area contributed by atoms with Gasteiger partial charge in [0.05, 0.1) is 5.39 Å². The molecule has 3 aromatic carbocycles. The first kappa shape index (κ1) is 15.4. The van der Waals surface area contributed by atoms with Crippen LogP contribution in [0.1, 0.15) is 11.1 Å². The van der Waals surface area contributed by atoms with Crippen LogP contribution in [0.25, 0.3) is 33.2 Å². The van der Waals surface area contributed by atoms with E-state index in [9.17, 15) is 4.79 Å². The van der Waals surface area contributed by atoms with Gasteiger partial charge in [0.25, 0.3) is 0 Å². The molecule has 0 aliphatic carbocycles. The van der Waals surface area contributed by atoms with Gasteiger partial charge in [-0.05, 0) is 25.5 Å². The molecule has 2 nitrogen and oxygen atoms in total. The molecule has 25 heavy (non-hydrogen) atoms. The maximum absolute atomic E-state index is 12.5. The van der Waals surface area contributed by atoms with Gasteiger partial charge in [0.15, 0.2) is 0 Å². The lowest BCUT2D eigenvalue weighted by Crippen LogP contribution is -2.03. The van der Waals surface area contributed by atoms with Crippen LogP contribution in [0.5, 0.6) is 0 Å². The first-order valence-electron chi connectivity index (χ1n) is 8.33. The number of rotatable bonds is 2. The molecule has 0 saturated heterocycles. The second-order valence-electron chi connectivity index (χ2n) is 6.37. The zero-order chi connectivity index (χ0) is 17.4. The number of aryl methyl sites for hydroxylation is 2. The van der Waals surface area contributed by atoms with Crippen molar-refractivity contribution in [2.75, 3.05) is 0 Å². The maximum Gasteiger partial charge on any atom is 0.344 e. The number of benzene rings is 3. The van der Waals surface area contributed by atoms with Gasteiger partial charge in [-0.1, -0.05) is 77.9 Å². The minimum Gasteiger partial charge on any atom is -0.422 e. The fourth-order valence-corrected chi connectivity index (χ4v) is 3.12. The molecule has 1 heterocycles. The van der Waals surface area contributed by atoms with Crippen molar-refractivity contribution >= 4 is 10.8 Å². The third-order valence-corrected chi connectivity index (χ3v) is 4.49. The lowest BCUT2D eigenvalue weighted by atomic mass is 9.94. The summed E-state index contributed by atoms with van der Waals surface area (Å²) in [6, 6.07) is 24.0.